The molecule has 0 saturated carbocycles. The summed E-state index contributed by atoms with van der Waals surface area (Å²) in [6, 6.07) is 0. The molecule has 0 aromatic rings. The molecule has 1 aliphatic rings. The minimum atomic E-state index is -2.68. The third kappa shape index (κ3) is 2.95. The monoisotopic (exact) mass is 243 g/mol. The highest BCUT2D eigenvalue weighted by Crippen LogP contribution is 2.22. The SMILES string of the molecule is CC1CNC(Br)C(OC(F)F)C1. The Bertz CT molecular complexity index is 145. The number of hydrogen-bond acceptors (Lipinski definition) is 2. The number of halogens is 3. The summed E-state index contributed by atoms with van der Waals surface area (Å²) in [6.45, 7) is 0.175. The van der Waals surface area contributed by atoms with Crippen LogP contribution in [0.4, 0.5) is 8.78 Å². The number of nitrogens with one attached hydrogen (secondary N) is 1. The van der Waals surface area contributed by atoms with E-state index < -0.39 is 12.7 Å². The van der Waals surface area contributed by atoms with Gasteiger partial charge in [-0.15, -0.1) is 0 Å². The predicted octanol–water partition coefficient (Wildman–Crippen LogP) is 1.94. The first-order valence-corrected chi connectivity index (χ1v) is 4.82. The highest BCUT2D eigenvalue weighted by Gasteiger charge is 2.29. The molecule has 0 amide bonds. The zero-order chi connectivity index (χ0) is 9.14. The van der Waals surface area contributed by atoms with Crippen molar-refractivity contribution in [2.75, 3.05) is 6.54 Å². The van der Waals surface area contributed by atoms with Crippen LogP contribution in [-0.4, -0.2) is 24.2 Å². The van der Waals surface area contributed by atoms with Gasteiger partial charge in [-0.25, -0.2) is 0 Å². The van der Waals surface area contributed by atoms with Crippen molar-refractivity contribution < 1.29 is 13.5 Å². The van der Waals surface area contributed by atoms with Crippen LogP contribution in [0.1, 0.15) is 13.3 Å². The Balaban J connectivity index is 2.38. The minimum Gasteiger partial charge on any atom is -0.317 e. The molecule has 5 heteroatoms. The van der Waals surface area contributed by atoms with Gasteiger partial charge in [0.25, 0.3) is 0 Å². The van der Waals surface area contributed by atoms with E-state index in [4.69, 9.17) is 0 Å². The van der Waals surface area contributed by atoms with Crippen LogP contribution in [0, 0.1) is 5.92 Å². The molecule has 1 saturated heterocycles. The highest BCUT2D eigenvalue weighted by atomic mass is 79.9. The van der Waals surface area contributed by atoms with E-state index in [0.29, 0.717) is 12.3 Å². The fraction of sp³-hybridized carbons (Fsp3) is 1.00. The molecule has 1 aliphatic heterocycles. The van der Waals surface area contributed by atoms with Crippen molar-refractivity contribution in [3.05, 3.63) is 0 Å². The predicted molar refractivity (Wildman–Crippen MR) is 45.4 cm³/mol. The normalized spacial score (nSPS) is 37.2. The first-order valence-electron chi connectivity index (χ1n) is 3.90. The molecule has 0 aromatic carbocycles. The van der Waals surface area contributed by atoms with Gasteiger partial charge in [0.1, 0.15) is 0 Å². The summed E-state index contributed by atoms with van der Waals surface area (Å²) in [5.41, 5.74) is 0. The Morgan fingerprint density at radius 3 is 2.83 bits per heavy atom. The van der Waals surface area contributed by atoms with E-state index in [-0.39, 0.29) is 4.95 Å². The number of alkyl halides is 3. The molecule has 72 valence electrons. The van der Waals surface area contributed by atoms with E-state index in [2.05, 4.69) is 26.0 Å². The second-order valence-corrected chi connectivity index (χ2v) is 4.07. The van der Waals surface area contributed by atoms with E-state index in [1.54, 1.807) is 0 Å². The molecule has 1 fully saturated rings. The van der Waals surface area contributed by atoms with Crippen LogP contribution in [0.2, 0.25) is 0 Å². The summed E-state index contributed by atoms with van der Waals surface area (Å²) in [4.78, 5) is -0.150. The van der Waals surface area contributed by atoms with Gasteiger partial charge in [0.15, 0.2) is 0 Å². The van der Waals surface area contributed by atoms with Crippen molar-refractivity contribution in [3.63, 3.8) is 0 Å². The third-order valence-electron chi connectivity index (χ3n) is 1.90. The van der Waals surface area contributed by atoms with Crippen LogP contribution in [0.3, 0.4) is 0 Å². The van der Waals surface area contributed by atoms with Gasteiger partial charge in [0.2, 0.25) is 0 Å². The Labute approximate surface area is 78.8 Å². The van der Waals surface area contributed by atoms with Crippen molar-refractivity contribution in [2.24, 2.45) is 5.92 Å². The van der Waals surface area contributed by atoms with Gasteiger partial charge in [-0.2, -0.15) is 8.78 Å². The molecule has 0 aliphatic carbocycles. The van der Waals surface area contributed by atoms with Crippen LogP contribution in [-0.2, 0) is 4.74 Å². The lowest BCUT2D eigenvalue weighted by atomic mass is 10.00. The standard InChI is InChI=1S/C7H12BrF2NO/c1-4-2-5(12-7(9)10)6(8)11-3-4/h4-7,11H,2-3H2,1H3. The number of piperidine rings is 1. The Kier molecular flexibility index (Phi) is 3.86. The van der Waals surface area contributed by atoms with Gasteiger partial charge in [-0.1, -0.05) is 22.9 Å². The summed E-state index contributed by atoms with van der Waals surface area (Å²) < 4.78 is 28.1. The quantitative estimate of drug-likeness (QED) is 0.592. The van der Waals surface area contributed by atoms with E-state index in [1.165, 1.54) is 0 Å². The van der Waals surface area contributed by atoms with Gasteiger partial charge in [0.05, 0.1) is 11.1 Å². The van der Waals surface area contributed by atoms with Crippen molar-refractivity contribution in [1.29, 1.82) is 0 Å². The summed E-state index contributed by atoms with van der Waals surface area (Å²) in [6.07, 6.45) is 0.251. The molecular weight excluding hydrogens is 232 g/mol. The van der Waals surface area contributed by atoms with Crippen LogP contribution in [0.5, 0.6) is 0 Å². The van der Waals surface area contributed by atoms with Gasteiger partial charge in [-0.05, 0) is 18.9 Å². The Morgan fingerprint density at radius 1 is 1.58 bits per heavy atom. The lowest BCUT2D eigenvalue weighted by molar-refractivity contribution is -0.171. The van der Waals surface area contributed by atoms with Crippen molar-refractivity contribution in [1.82, 2.24) is 5.32 Å². The lowest BCUT2D eigenvalue weighted by Crippen LogP contribution is -2.46. The number of rotatable bonds is 2. The maximum Gasteiger partial charge on any atom is 0.345 e. The first-order chi connectivity index (χ1) is 5.59. The molecule has 2 nitrogen and oxygen atoms in total. The molecule has 3 atom stereocenters. The van der Waals surface area contributed by atoms with Crippen molar-refractivity contribution in [3.8, 4) is 0 Å². The second-order valence-electron chi connectivity index (χ2n) is 3.09. The van der Waals surface area contributed by atoms with Gasteiger partial charge >= 0.3 is 6.61 Å². The van der Waals surface area contributed by atoms with E-state index in [1.807, 2.05) is 6.92 Å². The molecule has 0 bridgehead atoms. The zero-order valence-corrected chi connectivity index (χ0v) is 8.35. The molecule has 1 heterocycles. The van der Waals surface area contributed by atoms with Crippen molar-refractivity contribution in [2.45, 2.75) is 31.0 Å². The molecule has 1 rings (SSSR count). The maximum atomic E-state index is 11.8. The number of ether oxygens (including phenoxy) is 1. The lowest BCUT2D eigenvalue weighted by Gasteiger charge is -2.31. The number of hydrogen-bond donors (Lipinski definition) is 1. The van der Waals surface area contributed by atoms with E-state index >= 15 is 0 Å². The largest absolute Gasteiger partial charge is 0.345 e. The summed E-state index contributed by atoms with van der Waals surface area (Å²) in [7, 11) is 0. The maximum absolute atomic E-state index is 11.8. The van der Waals surface area contributed by atoms with E-state index in [0.717, 1.165) is 6.54 Å². The second kappa shape index (κ2) is 4.48. The fourth-order valence-electron chi connectivity index (χ4n) is 1.30. The third-order valence-corrected chi connectivity index (χ3v) is 2.81. The van der Waals surface area contributed by atoms with Crippen LogP contribution in [0.25, 0.3) is 0 Å². The van der Waals surface area contributed by atoms with Crippen LogP contribution >= 0.6 is 15.9 Å². The van der Waals surface area contributed by atoms with Gasteiger partial charge in [0, 0.05) is 0 Å². The summed E-state index contributed by atoms with van der Waals surface area (Å²) in [5, 5.41) is 3.05. The molecule has 12 heavy (non-hydrogen) atoms. The Hall–Kier alpha value is 0.260. The average Bonchev–Trinajstić information content (AvgIpc) is 1.96. The first kappa shape index (κ1) is 10.3. The fourth-order valence-corrected chi connectivity index (χ4v) is 1.83. The van der Waals surface area contributed by atoms with Crippen molar-refractivity contribution >= 4 is 15.9 Å². The smallest absolute Gasteiger partial charge is 0.317 e. The van der Waals surface area contributed by atoms with Crippen LogP contribution in [0.15, 0.2) is 0 Å². The van der Waals surface area contributed by atoms with E-state index in [9.17, 15) is 8.78 Å². The topological polar surface area (TPSA) is 21.3 Å². The average molecular weight is 244 g/mol. The molecule has 0 spiro atoms. The molecule has 3 unspecified atom stereocenters. The summed E-state index contributed by atoms with van der Waals surface area (Å²) in [5.74, 6) is 0.391. The molecular formula is C7H12BrF2NO. The molecule has 0 radical (unpaired) electrons. The van der Waals surface area contributed by atoms with Crippen LogP contribution < -0.4 is 5.32 Å². The Morgan fingerprint density at radius 2 is 2.25 bits per heavy atom. The molecule has 0 aromatic heterocycles. The van der Waals surface area contributed by atoms with Gasteiger partial charge in [-0.3, -0.25) is 0 Å². The molecule has 1 N–H and O–H groups in total. The minimum absolute atomic E-state index is 0.150. The van der Waals surface area contributed by atoms with Gasteiger partial charge < -0.3 is 10.1 Å². The summed E-state index contributed by atoms with van der Waals surface area (Å²) >= 11 is 3.24. The highest BCUT2D eigenvalue weighted by molar-refractivity contribution is 9.09. The zero-order valence-electron chi connectivity index (χ0n) is 6.77.